The molecule has 2 heterocycles. The van der Waals surface area contributed by atoms with Crippen molar-refractivity contribution >= 4 is 11.9 Å². The predicted octanol–water partition coefficient (Wildman–Crippen LogP) is 2.12. The van der Waals surface area contributed by atoms with Crippen LogP contribution < -0.4 is 19.5 Å². The minimum absolute atomic E-state index is 0.0586. The number of nitrogens with one attached hydrogen (secondary N) is 1. The molecule has 0 aliphatic carbocycles. The zero-order valence-electron chi connectivity index (χ0n) is 15.9. The Morgan fingerprint density at radius 1 is 1.18 bits per heavy atom. The Morgan fingerprint density at radius 2 is 1.96 bits per heavy atom. The van der Waals surface area contributed by atoms with E-state index in [4.69, 9.17) is 9.47 Å². The van der Waals surface area contributed by atoms with Crippen LogP contribution >= 0.6 is 0 Å². The predicted molar refractivity (Wildman–Crippen MR) is 105 cm³/mol. The summed E-state index contributed by atoms with van der Waals surface area (Å²) in [5.74, 6) is 1.19. The van der Waals surface area contributed by atoms with Crippen LogP contribution in [0.3, 0.4) is 0 Å². The van der Waals surface area contributed by atoms with E-state index in [1.165, 1.54) is 23.8 Å². The van der Waals surface area contributed by atoms with Gasteiger partial charge in [0.1, 0.15) is 18.0 Å². The van der Waals surface area contributed by atoms with Crippen LogP contribution in [0.4, 0.5) is 0 Å². The molecule has 2 aliphatic heterocycles. The summed E-state index contributed by atoms with van der Waals surface area (Å²) in [6, 6.07) is 10.7. The van der Waals surface area contributed by atoms with Gasteiger partial charge in [0.25, 0.3) is 0 Å². The van der Waals surface area contributed by atoms with Gasteiger partial charge in [-0.3, -0.25) is 4.79 Å². The summed E-state index contributed by atoms with van der Waals surface area (Å²) < 4.78 is 11.2. The van der Waals surface area contributed by atoms with Crippen LogP contribution in [-0.2, 0) is 6.54 Å². The molecule has 28 heavy (non-hydrogen) atoms. The minimum atomic E-state index is -0.183. The monoisotopic (exact) mass is 377 g/mol. The number of benzene rings is 2. The van der Waals surface area contributed by atoms with E-state index in [1.807, 2.05) is 30.3 Å². The first kappa shape index (κ1) is 18.3. The number of fused-ring (bicyclic) bond motifs is 1. The molecule has 144 valence electrons. The number of allylic oxidation sites excluding steroid dienone is 3. The van der Waals surface area contributed by atoms with Gasteiger partial charge >= 0.3 is 0 Å². The summed E-state index contributed by atoms with van der Waals surface area (Å²) in [4.78, 5) is 14.1. The average Bonchev–Trinajstić information content (AvgIpc) is 3.33. The lowest BCUT2D eigenvalue weighted by Crippen LogP contribution is -3.08. The molecular weight excluding hydrogens is 354 g/mol. The summed E-state index contributed by atoms with van der Waals surface area (Å²) >= 11 is 0. The highest BCUT2D eigenvalue weighted by atomic mass is 16.5. The first-order valence-electron chi connectivity index (χ1n) is 9.58. The van der Waals surface area contributed by atoms with Gasteiger partial charge < -0.3 is 19.5 Å². The fraction of sp³-hybridized carbons (Fsp3) is 0.261. The van der Waals surface area contributed by atoms with Crippen molar-refractivity contribution in [2.45, 2.75) is 19.4 Å². The topological polar surface area (TPSA) is 63.0 Å². The Labute approximate surface area is 164 Å². The van der Waals surface area contributed by atoms with Gasteiger partial charge in [-0.15, -0.1) is 0 Å². The van der Waals surface area contributed by atoms with Crippen molar-refractivity contribution in [2.75, 3.05) is 20.2 Å². The Kier molecular flexibility index (Phi) is 5.17. The molecule has 2 aromatic carbocycles. The third-order valence-electron chi connectivity index (χ3n) is 5.30. The molecule has 0 aromatic heterocycles. The van der Waals surface area contributed by atoms with E-state index in [0.717, 1.165) is 24.4 Å². The van der Waals surface area contributed by atoms with E-state index >= 15 is 0 Å². The maximum atomic E-state index is 12.7. The van der Waals surface area contributed by atoms with Gasteiger partial charge in [-0.05, 0) is 18.2 Å². The number of rotatable bonds is 5. The summed E-state index contributed by atoms with van der Waals surface area (Å²) in [7, 11) is 1.62. The zero-order chi connectivity index (χ0) is 19.5. The molecule has 0 bridgehead atoms. The van der Waals surface area contributed by atoms with Gasteiger partial charge in [0, 0.05) is 24.0 Å². The maximum absolute atomic E-state index is 12.7. The summed E-state index contributed by atoms with van der Waals surface area (Å²) in [6.07, 6.45) is 7.63. The Balaban J connectivity index is 1.58. The van der Waals surface area contributed by atoms with Gasteiger partial charge in [0.05, 0.1) is 25.8 Å². The highest BCUT2D eigenvalue weighted by Gasteiger charge is 2.31. The Morgan fingerprint density at radius 3 is 2.75 bits per heavy atom. The summed E-state index contributed by atoms with van der Waals surface area (Å²) in [5.41, 5.74) is 2.00. The lowest BCUT2D eigenvalue weighted by molar-refractivity contribution is -0.901. The third-order valence-corrected chi connectivity index (χ3v) is 5.30. The standard InChI is InChI=1S/C23H23NO4/c1-27-20-9-3-2-7-16(20)8-6-10-21-22(26)17-11-12-19(25)18(23(17)28-21)15-24-13-4-5-14-24/h2-3,6-12,25H,4-5,13-15H2,1H3. The molecule has 1 fully saturated rings. The molecule has 1 N–H and O–H groups in total. The van der Waals surface area contributed by atoms with E-state index in [2.05, 4.69) is 0 Å². The highest BCUT2D eigenvalue weighted by Crippen LogP contribution is 2.37. The molecule has 2 aliphatic rings. The average molecular weight is 377 g/mol. The quantitative estimate of drug-likeness (QED) is 0.811. The fourth-order valence-electron chi connectivity index (χ4n) is 3.82. The molecule has 0 unspecified atom stereocenters. The number of ether oxygens (including phenoxy) is 2. The number of Topliss-reactive ketones (excluding diaryl/α,β-unsaturated/α-hetero) is 1. The number of hydrogen-bond donors (Lipinski definition) is 1. The van der Waals surface area contributed by atoms with Crippen molar-refractivity contribution in [3.05, 3.63) is 71.0 Å². The number of quaternary nitrogens is 1. The molecule has 0 amide bonds. The number of likely N-dealkylation sites (tertiary alicyclic amines) is 1. The van der Waals surface area contributed by atoms with Crippen LogP contribution in [0.2, 0.25) is 0 Å². The van der Waals surface area contributed by atoms with Gasteiger partial charge in [0.15, 0.2) is 5.76 Å². The van der Waals surface area contributed by atoms with E-state index in [1.54, 1.807) is 25.3 Å². The second-order valence-electron chi connectivity index (χ2n) is 7.12. The van der Waals surface area contributed by atoms with Crippen molar-refractivity contribution in [1.29, 1.82) is 0 Å². The van der Waals surface area contributed by atoms with Crippen LogP contribution in [0.5, 0.6) is 17.2 Å². The van der Waals surface area contributed by atoms with E-state index in [0.29, 0.717) is 23.4 Å². The molecule has 0 saturated carbocycles. The molecule has 5 heteroatoms. The number of carbonyl (C=O) groups excluding carboxylic acids is 1. The molecular formula is C23H23NO4. The molecule has 2 aromatic rings. The molecule has 1 saturated heterocycles. The highest BCUT2D eigenvalue weighted by molar-refractivity contribution is 6.12. The molecule has 5 nitrogen and oxygen atoms in total. The van der Waals surface area contributed by atoms with E-state index < -0.39 is 0 Å². The second kappa shape index (κ2) is 7.90. The van der Waals surface area contributed by atoms with Crippen molar-refractivity contribution in [3.63, 3.8) is 0 Å². The van der Waals surface area contributed by atoms with E-state index in [9.17, 15) is 9.90 Å². The molecule has 0 spiro atoms. The van der Waals surface area contributed by atoms with Gasteiger partial charge in [0.2, 0.25) is 5.78 Å². The second-order valence-corrected chi connectivity index (χ2v) is 7.12. The normalized spacial score (nSPS) is 18.0. The molecule has 0 radical (unpaired) electrons. The number of para-hydroxylation sites is 1. The number of ketones is 1. The fourth-order valence-corrected chi connectivity index (χ4v) is 3.82. The van der Waals surface area contributed by atoms with Crippen molar-refractivity contribution in [1.82, 2.24) is 0 Å². The third kappa shape index (κ3) is 3.53. The lowest BCUT2D eigenvalue weighted by Gasteiger charge is -2.19. The summed E-state index contributed by atoms with van der Waals surface area (Å²) in [6.45, 7) is 2.72. The lowest BCUT2D eigenvalue weighted by atomic mass is 10.0. The minimum Gasteiger partial charge on any atom is -0.872 e. The number of carbonyl (C=O) groups is 1. The van der Waals surface area contributed by atoms with E-state index in [-0.39, 0.29) is 17.3 Å². The van der Waals surface area contributed by atoms with Crippen molar-refractivity contribution in [2.24, 2.45) is 0 Å². The number of methoxy groups -OCH3 is 1. The first-order chi connectivity index (χ1) is 13.7. The largest absolute Gasteiger partial charge is 0.872 e. The van der Waals surface area contributed by atoms with Gasteiger partial charge in [-0.2, -0.15) is 0 Å². The van der Waals surface area contributed by atoms with Crippen molar-refractivity contribution < 1.29 is 24.3 Å². The maximum Gasteiger partial charge on any atom is 0.231 e. The molecule has 4 rings (SSSR count). The SMILES string of the molecule is COc1ccccc1C=CC=C1Oc2c(ccc([O-])c2C[NH+]2CCCC2)C1=O. The summed E-state index contributed by atoms with van der Waals surface area (Å²) in [5, 5.41) is 12.4. The van der Waals surface area contributed by atoms with Crippen molar-refractivity contribution in [3.8, 4) is 17.2 Å². The Hall–Kier alpha value is -3.05. The van der Waals surface area contributed by atoms with Crippen LogP contribution in [0.25, 0.3) is 6.08 Å². The van der Waals surface area contributed by atoms with Crippen LogP contribution in [-0.4, -0.2) is 26.0 Å². The smallest absolute Gasteiger partial charge is 0.231 e. The van der Waals surface area contributed by atoms with Crippen LogP contribution in [0, 0.1) is 0 Å². The van der Waals surface area contributed by atoms with Gasteiger partial charge in [-0.25, -0.2) is 0 Å². The van der Waals surface area contributed by atoms with Gasteiger partial charge in [-0.1, -0.05) is 42.2 Å². The van der Waals surface area contributed by atoms with Crippen LogP contribution in [0.15, 0.2) is 54.3 Å². The van der Waals surface area contributed by atoms with Crippen LogP contribution in [0.1, 0.15) is 34.3 Å². The number of hydrogen-bond acceptors (Lipinski definition) is 4. The molecule has 0 atom stereocenters. The zero-order valence-corrected chi connectivity index (χ0v) is 15.9. The first-order valence-corrected chi connectivity index (χ1v) is 9.58. The Bertz CT molecular complexity index is 955.